The Labute approximate surface area is 105 Å². The van der Waals surface area contributed by atoms with Crippen LogP contribution in [0.2, 0.25) is 5.54 Å². The standard InChI is InChI=1S/C12H24O4Si/c1-4-13-17(14-5-2,15-6-3)11-9-7-8-10-12(11)16-10/h10-12H,4-9H2,1-3H3. The number of ether oxygens (including phenoxy) is 1. The third-order valence-corrected chi connectivity index (χ3v) is 7.11. The minimum absolute atomic E-state index is 0.333. The Morgan fingerprint density at radius 1 is 1.00 bits per heavy atom. The first-order chi connectivity index (χ1) is 8.27. The topological polar surface area (TPSA) is 40.2 Å². The van der Waals surface area contributed by atoms with Gasteiger partial charge in [-0.05, 0) is 33.6 Å². The molecule has 2 rings (SSSR count). The summed E-state index contributed by atoms with van der Waals surface area (Å²) in [5.74, 6) is 0. The normalized spacial score (nSPS) is 32.3. The van der Waals surface area contributed by atoms with E-state index >= 15 is 0 Å². The van der Waals surface area contributed by atoms with Crippen molar-refractivity contribution in [2.24, 2.45) is 0 Å². The van der Waals surface area contributed by atoms with Crippen LogP contribution in [0.4, 0.5) is 0 Å². The molecular weight excluding hydrogens is 236 g/mol. The van der Waals surface area contributed by atoms with Crippen LogP contribution in [0, 0.1) is 0 Å². The van der Waals surface area contributed by atoms with Crippen molar-refractivity contribution >= 4 is 8.80 Å². The molecule has 3 atom stereocenters. The van der Waals surface area contributed by atoms with E-state index in [2.05, 4.69) is 0 Å². The van der Waals surface area contributed by atoms with Crippen molar-refractivity contribution < 1.29 is 18.0 Å². The molecule has 0 aromatic rings. The molecule has 1 aliphatic heterocycles. The van der Waals surface area contributed by atoms with Crippen molar-refractivity contribution in [2.45, 2.75) is 57.8 Å². The molecule has 5 heteroatoms. The predicted molar refractivity (Wildman–Crippen MR) is 66.9 cm³/mol. The molecule has 0 aromatic carbocycles. The molecule has 2 fully saturated rings. The molecule has 0 spiro atoms. The third kappa shape index (κ3) is 2.74. The van der Waals surface area contributed by atoms with Gasteiger partial charge in [-0.25, -0.2) is 0 Å². The molecule has 0 radical (unpaired) electrons. The Hall–Kier alpha value is 0.0569. The fourth-order valence-electron chi connectivity index (χ4n) is 2.87. The van der Waals surface area contributed by atoms with Crippen LogP contribution in [0.3, 0.4) is 0 Å². The van der Waals surface area contributed by atoms with Crippen LogP contribution >= 0.6 is 0 Å². The number of epoxide rings is 1. The van der Waals surface area contributed by atoms with Gasteiger partial charge in [-0.2, -0.15) is 0 Å². The number of hydrogen-bond acceptors (Lipinski definition) is 4. The van der Waals surface area contributed by atoms with Crippen LogP contribution in [0.15, 0.2) is 0 Å². The lowest BCUT2D eigenvalue weighted by Gasteiger charge is -2.35. The van der Waals surface area contributed by atoms with Gasteiger partial charge in [0.2, 0.25) is 0 Å². The van der Waals surface area contributed by atoms with E-state index in [1.54, 1.807) is 0 Å². The van der Waals surface area contributed by atoms with Gasteiger partial charge in [-0.15, -0.1) is 0 Å². The van der Waals surface area contributed by atoms with Crippen molar-refractivity contribution in [3.8, 4) is 0 Å². The number of hydrogen-bond donors (Lipinski definition) is 0. The average Bonchev–Trinajstić information content (AvgIpc) is 3.08. The summed E-state index contributed by atoms with van der Waals surface area (Å²) < 4.78 is 23.6. The lowest BCUT2D eigenvalue weighted by atomic mass is 10.0. The van der Waals surface area contributed by atoms with Crippen LogP contribution < -0.4 is 0 Å². The maximum absolute atomic E-state index is 5.96. The quantitative estimate of drug-likeness (QED) is 0.520. The van der Waals surface area contributed by atoms with Crippen molar-refractivity contribution in [3.63, 3.8) is 0 Å². The zero-order valence-corrected chi connectivity index (χ0v) is 12.1. The first-order valence-electron chi connectivity index (χ1n) is 6.84. The highest BCUT2D eigenvalue weighted by molar-refractivity contribution is 6.62. The second-order valence-corrected chi connectivity index (χ2v) is 7.39. The third-order valence-electron chi connectivity index (χ3n) is 3.51. The Morgan fingerprint density at radius 2 is 1.59 bits per heavy atom. The molecule has 1 aliphatic carbocycles. The van der Waals surface area contributed by atoms with Gasteiger partial charge in [-0.1, -0.05) is 6.42 Å². The first-order valence-corrected chi connectivity index (χ1v) is 8.65. The van der Waals surface area contributed by atoms with E-state index in [1.807, 2.05) is 20.8 Å². The smallest absolute Gasteiger partial charge is 0.374 e. The second kappa shape index (κ2) is 5.80. The zero-order chi connectivity index (χ0) is 12.3. The molecular formula is C12H24O4Si. The van der Waals surface area contributed by atoms with Gasteiger partial charge in [0.15, 0.2) is 0 Å². The maximum atomic E-state index is 5.96. The summed E-state index contributed by atoms with van der Waals surface area (Å²) in [5, 5.41) is 0. The monoisotopic (exact) mass is 260 g/mol. The van der Waals surface area contributed by atoms with Gasteiger partial charge in [-0.3, -0.25) is 0 Å². The highest BCUT2D eigenvalue weighted by Gasteiger charge is 2.61. The summed E-state index contributed by atoms with van der Waals surface area (Å²) in [6, 6.07) is 0. The summed E-state index contributed by atoms with van der Waals surface area (Å²) in [5.41, 5.74) is 0.348. The minimum atomic E-state index is -2.54. The lowest BCUT2D eigenvalue weighted by Crippen LogP contribution is -2.53. The van der Waals surface area contributed by atoms with Crippen molar-refractivity contribution in [1.29, 1.82) is 0 Å². The number of fused-ring (bicyclic) bond motifs is 1. The van der Waals surface area contributed by atoms with Crippen LogP contribution in [0.5, 0.6) is 0 Å². The highest BCUT2D eigenvalue weighted by Crippen LogP contribution is 2.49. The van der Waals surface area contributed by atoms with E-state index in [0.717, 1.165) is 6.42 Å². The summed E-state index contributed by atoms with van der Waals surface area (Å²) in [4.78, 5) is 0. The van der Waals surface area contributed by atoms with Gasteiger partial charge in [0.05, 0.1) is 17.7 Å². The molecule has 1 saturated heterocycles. The Kier molecular flexibility index (Phi) is 4.60. The van der Waals surface area contributed by atoms with Crippen LogP contribution in [-0.2, 0) is 18.0 Å². The first kappa shape index (κ1) is 13.5. The van der Waals surface area contributed by atoms with Gasteiger partial charge in [0.1, 0.15) is 0 Å². The molecule has 3 unspecified atom stereocenters. The molecule has 17 heavy (non-hydrogen) atoms. The summed E-state index contributed by atoms with van der Waals surface area (Å²) in [6.07, 6.45) is 4.29. The van der Waals surface area contributed by atoms with Crippen molar-refractivity contribution in [1.82, 2.24) is 0 Å². The fourth-order valence-corrected chi connectivity index (χ4v) is 6.23. The maximum Gasteiger partial charge on any atom is 0.506 e. The van der Waals surface area contributed by atoms with Crippen LogP contribution in [0.25, 0.3) is 0 Å². The SMILES string of the molecule is CCO[Si](OCC)(OCC)C1CCCC2OC21. The zero-order valence-electron chi connectivity index (χ0n) is 11.1. The number of rotatable bonds is 7. The van der Waals surface area contributed by atoms with Crippen molar-refractivity contribution in [2.75, 3.05) is 19.8 Å². The van der Waals surface area contributed by atoms with Gasteiger partial charge in [0, 0.05) is 19.8 Å². The van der Waals surface area contributed by atoms with E-state index < -0.39 is 8.80 Å². The second-order valence-electron chi connectivity index (χ2n) is 4.58. The Morgan fingerprint density at radius 3 is 2.12 bits per heavy atom. The van der Waals surface area contributed by atoms with E-state index in [9.17, 15) is 0 Å². The molecule has 1 heterocycles. The largest absolute Gasteiger partial charge is 0.506 e. The predicted octanol–water partition coefficient (Wildman–Crippen LogP) is 2.36. The average molecular weight is 260 g/mol. The fraction of sp³-hybridized carbons (Fsp3) is 1.00. The van der Waals surface area contributed by atoms with Gasteiger partial charge < -0.3 is 18.0 Å². The molecule has 4 nitrogen and oxygen atoms in total. The molecule has 0 bridgehead atoms. The molecule has 0 amide bonds. The van der Waals surface area contributed by atoms with E-state index in [-0.39, 0.29) is 0 Å². The molecule has 1 saturated carbocycles. The molecule has 100 valence electrons. The van der Waals surface area contributed by atoms with E-state index in [4.69, 9.17) is 18.0 Å². The summed E-state index contributed by atoms with van der Waals surface area (Å²) in [7, 11) is -2.54. The van der Waals surface area contributed by atoms with Crippen LogP contribution in [0.1, 0.15) is 40.0 Å². The van der Waals surface area contributed by atoms with Crippen molar-refractivity contribution in [3.05, 3.63) is 0 Å². The summed E-state index contributed by atoms with van der Waals surface area (Å²) in [6.45, 7) is 7.98. The van der Waals surface area contributed by atoms with Crippen LogP contribution in [-0.4, -0.2) is 40.8 Å². The van der Waals surface area contributed by atoms with Gasteiger partial charge in [0.25, 0.3) is 0 Å². The van der Waals surface area contributed by atoms with E-state index in [0.29, 0.717) is 37.6 Å². The molecule has 0 N–H and O–H groups in total. The Balaban J connectivity index is 2.10. The summed E-state index contributed by atoms with van der Waals surface area (Å²) >= 11 is 0. The highest BCUT2D eigenvalue weighted by atomic mass is 28.4. The molecule has 0 aromatic heterocycles. The minimum Gasteiger partial charge on any atom is -0.374 e. The lowest BCUT2D eigenvalue weighted by molar-refractivity contribution is 0.0556. The Bertz CT molecular complexity index is 232. The molecule has 2 aliphatic rings. The van der Waals surface area contributed by atoms with E-state index in [1.165, 1.54) is 12.8 Å². The van der Waals surface area contributed by atoms with Gasteiger partial charge >= 0.3 is 8.80 Å².